The molecule has 0 fully saturated rings. The fraction of sp³-hybridized carbons (Fsp3) is 0.235. The highest BCUT2D eigenvalue weighted by Crippen LogP contribution is 2.30. The van der Waals surface area contributed by atoms with Gasteiger partial charge in [-0.05, 0) is 35.4 Å². The van der Waals surface area contributed by atoms with Crippen LogP contribution in [0.15, 0.2) is 48.5 Å². The van der Waals surface area contributed by atoms with E-state index in [0.717, 1.165) is 11.1 Å². The van der Waals surface area contributed by atoms with Gasteiger partial charge in [0.2, 0.25) is 0 Å². The molecule has 0 aliphatic carbocycles. The van der Waals surface area contributed by atoms with Gasteiger partial charge in [-0.15, -0.1) is 0 Å². The number of carbonyl (C=O) groups is 1. The fourth-order valence-electron chi connectivity index (χ4n) is 2.36. The van der Waals surface area contributed by atoms with Crippen molar-refractivity contribution in [3.63, 3.8) is 0 Å². The van der Waals surface area contributed by atoms with Crippen molar-refractivity contribution >= 4 is 49.0 Å². The zero-order chi connectivity index (χ0) is 16.1. The molecule has 2 atom stereocenters. The standard InChI is InChI=1S/C17H18Br2N2O/c18-9-15(11-1-5-13(20)6-2-11)17(22)16(10-19)12-3-7-14(21)8-4-12/h1-8,15-16H,9-10,20-21H2. The molecule has 2 unspecified atom stereocenters. The number of nitrogens with two attached hydrogens (primary N) is 2. The monoisotopic (exact) mass is 424 g/mol. The van der Waals surface area contributed by atoms with Crippen LogP contribution in [0.2, 0.25) is 0 Å². The third-order valence-corrected chi connectivity index (χ3v) is 4.97. The van der Waals surface area contributed by atoms with E-state index in [1.165, 1.54) is 0 Å². The number of Topliss-reactive ketones (excluding diaryl/α,β-unsaturated/α-hetero) is 1. The molecule has 0 aliphatic heterocycles. The van der Waals surface area contributed by atoms with Gasteiger partial charge in [-0.1, -0.05) is 56.1 Å². The number of hydrogen-bond acceptors (Lipinski definition) is 3. The Kier molecular flexibility index (Phi) is 6.03. The minimum absolute atomic E-state index is 0.170. The van der Waals surface area contributed by atoms with E-state index < -0.39 is 0 Å². The van der Waals surface area contributed by atoms with Gasteiger partial charge in [-0.25, -0.2) is 0 Å². The second kappa shape index (κ2) is 7.79. The van der Waals surface area contributed by atoms with E-state index in [4.69, 9.17) is 11.5 Å². The summed E-state index contributed by atoms with van der Waals surface area (Å²) in [5, 5.41) is 1.16. The Morgan fingerprint density at radius 3 is 1.36 bits per heavy atom. The number of rotatable bonds is 6. The van der Waals surface area contributed by atoms with Crippen LogP contribution in [0.5, 0.6) is 0 Å². The molecule has 0 amide bonds. The van der Waals surface area contributed by atoms with E-state index in [-0.39, 0.29) is 17.6 Å². The van der Waals surface area contributed by atoms with Crippen molar-refractivity contribution in [2.75, 3.05) is 22.1 Å². The second-order valence-electron chi connectivity index (χ2n) is 5.15. The first-order chi connectivity index (χ1) is 10.6. The summed E-state index contributed by atoms with van der Waals surface area (Å²) in [7, 11) is 0. The number of halogens is 2. The first kappa shape index (κ1) is 17.0. The number of benzene rings is 2. The van der Waals surface area contributed by atoms with Crippen molar-refractivity contribution in [2.24, 2.45) is 0 Å². The van der Waals surface area contributed by atoms with Crippen LogP contribution in [0.25, 0.3) is 0 Å². The van der Waals surface area contributed by atoms with Crippen LogP contribution in [-0.4, -0.2) is 16.4 Å². The summed E-state index contributed by atoms with van der Waals surface area (Å²) in [5.74, 6) is -0.246. The Balaban J connectivity index is 2.29. The third kappa shape index (κ3) is 3.90. The van der Waals surface area contributed by atoms with Crippen molar-refractivity contribution in [2.45, 2.75) is 11.8 Å². The van der Waals surface area contributed by atoms with Crippen molar-refractivity contribution in [3.05, 3.63) is 59.7 Å². The van der Waals surface area contributed by atoms with Gasteiger partial charge < -0.3 is 11.5 Å². The zero-order valence-corrected chi connectivity index (χ0v) is 15.2. The molecule has 4 N–H and O–H groups in total. The van der Waals surface area contributed by atoms with Crippen LogP contribution in [0, 0.1) is 0 Å². The van der Waals surface area contributed by atoms with Crippen LogP contribution >= 0.6 is 31.9 Å². The summed E-state index contributed by atoms with van der Waals surface area (Å²) in [6.45, 7) is 0. The molecule has 0 saturated carbocycles. The van der Waals surface area contributed by atoms with E-state index in [1.807, 2.05) is 48.5 Å². The second-order valence-corrected chi connectivity index (χ2v) is 6.44. The van der Waals surface area contributed by atoms with Crippen LogP contribution in [0.1, 0.15) is 23.0 Å². The maximum Gasteiger partial charge on any atom is 0.149 e. The average Bonchev–Trinajstić information content (AvgIpc) is 2.52. The fourth-order valence-corrected chi connectivity index (χ4v) is 3.74. The van der Waals surface area contributed by atoms with Crippen LogP contribution in [-0.2, 0) is 4.79 Å². The summed E-state index contributed by atoms with van der Waals surface area (Å²) in [6, 6.07) is 14.9. The summed E-state index contributed by atoms with van der Waals surface area (Å²) in [6.07, 6.45) is 0. The van der Waals surface area contributed by atoms with Gasteiger partial charge in [0.1, 0.15) is 5.78 Å². The van der Waals surface area contributed by atoms with Gasteiger partial charge in [0, 0.05) is 22.0 Å². The lowest BCUT2D eigenvalue weighted by atomic mass is 9.85. The maximum absolute atomic E-state index is 13.0. The SMILES string of the molecule is Nc1ccc(C(CBr)C(=O)C(CBr)c2ccc(N)cc2)cc1. The summed E-state index contributed by atoms with van der Waals surface area (Å²) in [4.78, 5) is 13.0. The molecule has 5 heteroatoms. The first-order valence-corrected chi connectivity index (χ1v) is 9.17. The minimum Gasteiger partial charge on any atom is -0.399 e. The molecule has 0 aromatic heterocycles. The predicted molar refractivity (Wildman–Crippen MR) is 99.8 cm³/mol. The van der Waals surface area contributed by atoms with Crippen molar-refractivity contribution < 1.29 is 4.79 Å². The lowest BCUT2D eigenvalue weighted by Crippen LogP contribution is -2.23. The highest BCUT2D eigenvalue weighted by molar-refractivity contribution is 9.09. The van der Waals surface area contributed by atoms with Gasteiger partial charge in [-0.3, -0.25) is 4.79 Å². The Morgan fingerprint density at radius 2 is 1.09 bits per heavy atom. The van der Waals surface area contributed by atoms with Crippen molar-refractivity contribution in [1.29, 1.82) is 0 Å². The van der Waals surface area contributed by atoms with E-state index in [9.17, 15) is 4.79 Å². The van der Waals surface area contributed by atoms with Gasteiger partial charge in [0.25, 0.3) is 0 Å². The van der Waals surface area contributed by atoms with Crippen molar-refractivity contribution in [1.82, 2.24) is 0 Å². The van der Waals surface area contributed by atoms with E-state index in [0.29, 0.717) is 22.0 Å². The van der Waals surface area contributed by atoms with Gasteiger partial charge in [0.05, 0.1) is 11.8 Å². The molecule has 0 saturated heterocycles. The number of ketones is 1. The Hall–Kier alpha value is -1.33. The van der Waals surface area contributed by atoms with Crippen LogP contribution in [0.3, 0.4) is 0 Å². The molecular weight excluding hydrogens is 408 g/mol. The number of nitrogen functional groups attached to an aromatic ring is 2. The minimum atomic E-state index is -0.208. The molecule has 2 aromatic carbocycles. The summed E-state index contributed by atoms with van der Waals surface area (Å²) >= 11 is 6.93. The topological polar surface area (TPSA) is 69.1 Å². The Labute approximate surface area is 147 Å². The quantitative estimate of drug-likeness (QED) is 0.541. The zero-order valence-electron chi connectivity index (χ0n) is 12.0. The first-order valence-electron chi connectivity index (χ1n) is 6.93. The molecule has 2 aromatic rings. The van der Waals surface area contributed by atoms with Crippen LogP contribution in [0.4, 0.5) is 11.4 Å². The van der Waals surface area contributed by atoms with E-state index in [1.54, 1.807) is 0 Å². The molecule has 116 valence electrons. The van der Waals surface area contributed by atoms with Gasteiger partial charge in [0.15, 0.2) is 0 Å². The molecule has 0 heterocycles. The van der Waals surface area contributed by atoms with E-state index in [2.05, 4.69) is 31.9 Å². The largest absolute Gasteiger partial charge is 0.399 e. The number of alkyl halides is 2. The highest BCUT2D eigenvalue weighted by Gasteiger charge is 2.28. The van der Waals surface area contributed by atoms with Gasteiger partial charge in [-0.2, -0.15) is 0 Å². The summed E-state index contributed by atoms with van der Waals surface area (Å²) in [5.41, 5.74) is 14.8. The molecular formula is C17H18Br2N2O. The van der Waals surface area contributed by atoms with E-state index >= 15 is 0 Å². The maximum atomic E-state index is 13.0. The number of hydrogen-bond donors (Lipinski definition) is 2. The molecule has 0 radical (unpaired) electrons. The normalized spacial score (nSPS) is 13.5. The summed E-state index contributed by atoms with van der Waals surface area (Å²) < 4.78 is 0. The number of carbonyl (C=O) groups excluding carboxylic acids is 1. The van der Waals surface area contributed by atoms with Gasteiger partial charge >= 0.3 is 0 Å². The smallest absolute Gasteiger partial charge is 0.149 e. The third-order valence-electron chi connectivity index (χ3n) is 3.67. The molecule has 0 spiro atoms. The number of anilines is 2. The molecule has 3 nitrogen and oxygen atoms in total. The highest BCUT2D eigenvalue weighted by atomic mass is 79.9. The molecule has 22 heavy (non-hydrogen) atoms. The van der Waals surface area contributed by atoms with Crippen LogP contribution < -0.4 is 11.5 Å². The average molecular weight is 426 g/mol. The predicted octanol–water partition coefficient (Wildman–Crippen LogP) is 4.08. The molecule has 2 rings (SSSR count). The lowest BCUT2D eigenvalue weighted by molar-refractivity contribution is -0.121. The van der Waals surface area contributed by atoms with Crippen molar-refractivity contribution in [3.8, 4) is 0 Å². The Bertz CT molecular complexity index is 571. The Morgan fingerprint density at radius 1 is 0.773 bits per heavy atom. The molecule has 0 bridgehead atoms. The molecule has 0 aliphatic rings. The lowest BCUT2D eigenvalue weighted by Gasteiger charge is -2.20.